The van der Waals surface area contributed by atoms with Crippen LogP contribution in [0.4, 0.5) is 4.39 Å². The maximum absolute atomic E-state index is 13.8. The van der Waals surface area contributed by atoms with E-state index < -0.39 is 5.60 Å². The summed E-state index contributed by atoms with van der Waals surface area (Å²) in [4.78, 5) is 0. The van der Waals surface area contributed by atoms with Gasteiger partial charge in [0.25, 0.3) is 0 Å². The van der Waals surface area contributed by atoms with Gasteiger partial charge in [0.15, 0.2) is 0 Å². The first kappa shape index (κ1) is 14.0. The number of hydrogen-bond acceptors (Lipinski definition) is 1. The van der Waals surface area contributed by atoms with Gasteiger partial charge in [-0.1, -0.05) is 36.7 Å². The van der Waals surface area contributed by atoms with Crippen molar-refractivity contribution >= 4 is 15.9 Å². The van der Waals surface area contributed by atoms with Gasteiger partial charge in [0.1, 0.15) is 5.82 Å². The van der Waals surface area contributed by atoms with E-state index in [4.69, 9.17) is 0 Å². The minimum Gasteiger partial charge on any atom is -0.389 e. The van der Waals surface area contributed by atoms with Crippen LogP contribution >= 0.6 is 15.9 Å². The van der Waals surface area contributed by atoms with Gasteiger partial charge >= 0.3 is 0 Å². The van der Waals surface area contributed by atoms with Crippen molar-refractivity contribution in [3.63, 3.8) is 0 Å². The summed E-state index contributed by atoms with van der Waals surface area (Å²) in [6.45, 7) is 6.39. The van der Waals surface area contributed by atoms with Crippen molar-refractivity contribution in [2.75, 3.05) is 0 Å². The van der Waals surface area contributed by atoms with Gasteiger partial charge in [-0.2, -0.15) is 0 Å². The van der Waals surface area contributed by atoms with Crippen LogP contribution in [0, 0.1) is 17.2 Å². The van der Waals surface area contributed by atoms with Crippen molar-refractivity contribution in [3.05, 3.63) is 34.1 Å². The molecule has 2 unspecified atom stereocenters. The van der Waals surface area contributed by atoms with E-state index in [9.17, 15) is 9.50 Å². The summed E-state index contributed by atoms with van der Waals surface area (Å²) in [5.41, 5.74) is -0.0571. The molecule has 1 fully saturated rings. The number of benzene rings is 1. The predicted molar refractivity (Wildman–Crippen MR) is 74.9 cm³/mol. The second-order valence-corrected chi connectivity index (χ2v) is 7.38. The van der Waals surface area contributed by atoms with E-state index in [0.717, 1.165) is 17.3 Å². The van der Waals surface area contributed by atoms with Crippen LogP contribution in [0.25, 0.3) is 0 Å². The summed E-state index contributed by atoms with van der Waals surface area (Å²) >= 11 is 3.35. The molecular weight excluding hydrogens is 295 g/mol. The molecule has 1 aliphatic rings. The van der Waals surface area contributed by atoms with Gasteiger partial charge in [0.05, 0.1) is 5.60 Å². The van der Waals surface area contributed by atoms with Gasteiger partial charge in [0, 0.05) is 10.9 Å². The highest BCUT2D eigenvalue weighted by Crippen LogP contribution is 2.48. The van der Waals surface area contributed by atoms with Crippen LogP contribution in [0.1, 0.15) is 39.2 Å². The first-order chi connectivity index (χ1) is 8.22. The van der Waals surface area contributed by atoms with E-state index in [1.54, 1.807) is 12.1 Å². The largest absolute Gasteiger partial charge is 0.389 e. The van der Waals surface area contributed by atoms with E-state index >= 15 is 0 Å². The molecule has 2 rings (SSSR count). The van der Waals surface area contributed by atoms with Crippen molar-refractivity contribution < 1.29 is 9.50 Å². The highest BCUT2D eigenvalue weighted by Gasteiger charge is 2.47. The second kappa shape index (κ2) is 4.61. The van der Waals surface area contributed by atoms with E-state index in [1.165, 1.54) is 6.07 Å². The lowest BCUT2D eigenvalue weighted by Gasteiger charge is -2.29. The van der Waals surface area contributed by atoms with E-state index in [0.29, 0.717) is 12.0 Å². The Bertz CT molecular complexity index is 458. The van der Waals surface area contributed by atoms with Gasteiger partial charge < -0.3 is 5.11 Å². The third-order valence-electron chi connectivity index (χ3n) is 4.07. The molecule has 0 aromatic heterocycles. The number of hydrogen-bond donors (Lipinski definition) is 1. The van der Waals surface area contributed by atoms with Crippen molar-refractivity contribution in [3.8, 4) is 0 Å². The van der Waals surface area contributed by atoms with Crippen LogP contribution in [-0.2, 0) is 6.42 Å². The summed E-state index contributed by atoms with van der Waals surface area (Å²) in [5.74, 6) is -0.0330. The first-order valence-electron chi connectivity index (χ1n) is 6.38. The lowest BCUT2D eigenvalue weighted by Crippen LogP contribution is -2.35. The quantitative estimate of drug-likeness (QED) is 0.862. The molecule has 1 nitrogen and oxygen atoms in total. The predicted octanol–water partition coefficient (Wildman–Crippen LogP) is 4.32. The fourth-order valence-electron chi connectivity index (χ4n) is 3.34. The SMILES string of the molecule is CC1CC(C)(C)CC1(O)Cc1cc(Br)ccc1F. The molecular formula is C15H20BrFO. The minimum atomic E-state index is -0.787. The molecule has 0 amide bonds. The molecule has 100 valence electrons. The summed E-state index contributed by atoms with van der Waals surface area (Å²) in [7, 11) is 0. The topological polar surface area (TPSA) is 20.2 Å². The molecule has 1 aromatic carbocycles. The standard InChI is InChI=1S/C15H20BrFO/c1-10-7-14(2,3)9-15(10,18)8-11-6-12(16)4-5-13(11)17/h4-6,10,18H,7-9H2,1-3H3. The average molecular weight is 315 g/mol. The van der Waals surface area contributed by atoms with Gasteiger partial charge in [-0.15, -0.1) is 0 Å². The fraction of sp³-hybridized carbons (Fsp3) is 0.600. The van der Waals surface area contributed by atoms with Crippen LogP contribution in [-0.4, -0.2) is 10.7 Å². The van der Waals surface area contributed by atoms with Gasteiger partial charge in [-0.3, -0.25) is 0 Å². The lowest BCUT2D eigenvalue weighted by atomic mass is 9.84. The summed E-state index contributed by atoms with van der Waals surface area (Å²) in [5, 5.41) is 10.8. The van der Waals surface area contributed by atoms with Crippen molar-refractivity contribution in [1.29, 1.82) is 0 Å². The van der Waals surface area contributed by atoms with Crippen LogP contribution in [0.5, 0.6) is 0 Å². The molecule has 2 atom stereocenters. The Morgan fingerprint density at radius 2 is 2.11 bits per heavy atom. The summed E-state index contributed by atoms with van der Waals surface area (Å²) in [6.07, 6.45) is 2.11. The number of rotatable bonds is 2. The zero-order valence-electron chi connectivity index (χ0n) is 11.1. The Morgan fingerprint density at radius 3 is 2.67 bits per heavy atom. The summed E-state index contributed by atoms with van der Waals surface area (Å²) < 4.78 is 14.6. The Balaban J connectivity index is 2.25. The van der Waals surface area contributed by atoms with E-state index in [2.05, 4.69) is 36.7 Å². The highest BCUT2D eigenvalue weighted by atomic mass is 79.9. The van der Waals surface area contributed by atoms with Crippen LogP contribution in [0.15, 0.2) is 22.7 Å². The van der Waals surface area contributed by atoms with Gasteiger partial charge in [-0.25, -0.2) is 4.39 Å². The highest BCUT2D eigenvalue weighted by molar-refractivity contribution is 9.10. The molecule has 0 heterocycles. The fourth-order valence-corrected chi connectivity index (χ4v) is 3.75. The molecule has 0 saturated heterocycles. The molecule has 3 heteroatoms. The monoisotopic (exact) mass is 314 g/mol. The van der Waals surface area contributed by atoms with Gasteiger partial charge in [-0.05, 0) is 47.9 Å². The lowest BCUT2D eigenvalue weighted by molar-refractivity contribution is 0.00373. The molecule has 1 aliphatic carbocycles. The molecule has 0 radical (unpaired) electrons. The molecule has 0 spiro atoms. The van der Waals surface area contributed by atoms with E-state index in [-0.39, 0.29) is 17.2 Å². The zero-order chi connectivity index (χ0) is 13.6. The molecule has 18 heavy (non-hydrogen) atoms. The van der Waals surface area contributed by atoms with Crippen molar-refractivity contribution in [2.45, 2.75) is 45.6 Å². The first-order valence-corrected chi connectivity index (χ1v) is 7.17. The third-order valence-corrected chi connectivity index (χ3v) is 4.56. The van der Waals surface area contributed by atoms with Crippen molar-refractivity contribution in [1.82, 2.24) is 0 Å². The van der Waals surface area contributed by atoms with E-state index in [1.807, 2.05) is 0 Å². The molecule has 1 N–H and O–H groups in total. The Hall–Kier alpha value is -0.410. The second-order valence-electron chi connectivity index (χ2n) is 6.46. The Morgan fingerprint density at radius 1 is 1.44 bits per heavy atom. The maximum atomic E-state index is 13.8. The van der Waals surface area contributed by atoms with Crippen LogP contribution in [0.3, 0.4) is 0 Å². The molecule has 0 aliphatic heterocycles. The smallest absolute Gasteiger partial charge is 0.126 e. The zero-order valence-corrected chi connectivity index (χ0v) is 12.7. The van der Waals surface area contributed by atoms with Crippen LogP contribution < -0.4 is 0 Å². The third kappa shape index (κ3) is 2.77. The van der Waals surface area contributed by atoms with Crippen LogP contribution in [0.2, 0.25) is 0 Å². The average Bonchev–Trinajstić information content (AvgIpc) is 2.41. The number of halogens is 2. The van der Waals surface area contributed by atoms with Crippen molar-refractivity contribution in [2.24, 2.45) is 11.3 Å². The number of aliphatic hydroxyl groups is 1. The normalized spacial score (nSPS) is 30.7. The Labute approximate surface area is 117 Å². The minimum absolute atomic E-state index is 0.136. The molecule has 1 aromatic rings. The summed E-state index contributed by atoms with van der Waals surface area (Å²) in [6, 6.07) is 4.91. The Kier molecular flexibility index (Phi) is 3.58. The molecule has 0 bridgehead atoms. The van der Waals surface area contributed by atoms with Gasteiger partial charge in [0.2, 0.25) is 0 Å². The maximum Gasteiger partial charge on any atom is 0.126 e. The molecule has 1 saturated carbocycles.